The summed E-state index contributed by atoms with van der Waals surface area (Å²) < 4.78 is 41.5. The summed E-state index contributed by atoms with van der Waals surface area (Å²) in [5.41, 5.74) is 8.93. The fourth-order valence-electron chi connectivity index (χ4n) is 12.2. The number of rotatable bonds is 24. The van der Waals surface area contributed by atoms with E-state index in [1.165, 1.54) is 85.5 Å². The van der Waals surface area contributed by atoms with Crippen molar-refractivity contribution < 1.29 is 51.5 Å². The maximum Gasteiger partial charge on any atom is 0.257 e. The number of ketones is 4. The summed E-state index contributed by atoms with van der Waals surface area (Å²) in [7, 11) is 3.39. The van der Waals surface area contributed by atoms with Gasteiger partial charge in [-0.3, -0.25) is 59.2 Å². The Kier molecular flexibility index (Phi) is 31.7. The van der Waals surface area contributed by atoms with Crippen molar-refractivity contribution in [1.82, 2.24) is 29.7 Å². The average Bonchev–Trinajstić information content (AvgIpc) is 1.02. The molecule has 2 fully saturated rings. The summed E-state index contributed by atoms with van der Waals surface area (Å²) in [6.45, 7) is 7.25. The maximum atomic E-state index is 13.9. The molecule has 6 heterocycles. The van der Waals surface area contributed by atoms with E-state index in [0.29, 0.717) is 92.1 Å². The molecule has 31 heteroatoms. The minimum atomic E-state index is -0.580. The van der Waals surface area contributed by atoms with Crippen LogP contribution in [-0.2, 0) is 25.7 Å². The first-order valence-electron chi connectivity index (χ1n) is 38.1. The maximum absolute atomic E-state index is 13.9. The monoisotopic (exact) mass is 1780 g/mol. The van der Waals surface area contributed by atoms with Crippen LogP contribution in [0.2, 0.25) is 30.1 Å². The van der Waals surface area contributed by atoms with Gasteiger partial charge >= 0.3 is 0 Å². The fourth-order valence-corrected chi connectivity index (χ4v) is 13.1. The van der Waals surface area contributed by atoms with Crippen LogP contribution >= 0.6 is 69.6 Å². The second kappa shape index (κ2) is 43.0. The van der Waals surface area contributed by atoms with Gasteiger partial charge in [-0.25, -0.2) is 33.1 Å². The standard InChI is InChI=1S/C24H20ClFN4O2.C23H18Cl3N3O2.C23H18ClFN4O2.C23H19ClFN3O2/c25-18-7-9-22(28-14-18)29-24(32)20-13-19(26)8-6-17(20)12-21(31)15-2-4-16(5-3-15)23(27)30-10-1-11-30;1-13(27-2)14-4-7-18(20(26)9-14)21(30)10-15-3-5-16(24)11-19(15)23(31)29-22-8-6-17(25)12-28-22;24-17-6-8-21(27-13-17)28-23(31)19-12-18(25)7-5-16(19)11-20(30)14-1-3-15(4-2-14)22(26)29-9-10-29;1-14(26-2)15-3-5-16(6-4-15)21(29)11-17-7-9-19(25)12-20(17)23(30)28-22-10-8-18(24)13-27-22/h2-9,13-14,27H,1,10-12H2,(H,28,29,32);3-9,11-12H,10H2,1-2H3,(H,28,29,31);1-8,12-13,26H,9-11H2,(H,27,28,31);3-10,12-13H,11H2,1-2H3,(H,27,28,30). The van der Waals surface area contributed by atoms with E-state index in [-0.39, 0.29) is 88.5 Å². The molecule has 4 aromatic heterocycles. The molecule has 0 radical (unpaired) electrons. The van der Waals surface area contributed by atoms with E-state index in [1.54, 1.807) is 135 Å². The van der Waals surface area contributed by atoms with E-state index in [9.17, 15) is 51.5 Å². The Morgan fingerprint density at radius 2 is 0.613 bits per heavy atom. The van der Waals surface area contributed by atoms with E-state index in [4.69, 9.17) is 80.4 Å². The van der Waals surface area contributed by atoms with Gasteiger partial charge in [0, 0.05) is 163 Å². The zero-order valence-electron chi connectivity index (χ0n) is 66.6. The topological polar surface area (TPSA) is 315 Å². The number of amidine groups is 2. The summed E-state index contributed by atoms with van der Waals surface area (Å²) in [6, 6.07) is 54.5. The largest absolute Gasteiger partial charge is 0.356 e. The van der Waals surface area contributed by atoms with Crippen LogP contribution in [0.5, 0.6) is 0 Å². The summed E-state index contributed by atoms with van der Waals surface area (Å²) >= 11 is 35.7. The van der Waals surface area contributed by atoms with Gasteiger partial charge in [0.15, 0.2) is 23.1 Å². The normalized spacial score (nSPS) is 11.9. The highest BCUT2D eigenvalue weighted by Crippen LogP contribution is 2.28. The molecule has 6 N–H and O–H groups in total. The number of benzene rings is 8. The highest BCUT2D eigenvalue weighted by Gasteiger charge is 2.26. The van der Waals surface area contributed by atoms with E-state index in [1.807, 2.05) is 35.8 Å². The molecule has 14 rings (SSSR count). The van der Waals surface area contributed by atoms with Crippen LogP contribution in [0.3, 0.4) is 0 Å². The molecule has 22 nitrogen and oxygen atoms in total. The van der Waals surface area contributed by atoms with Gasteiger partial charge in [-0.2, -0.15) is 0 Å². The lowest BCUT2D eigenvalue weighted by molar-refractivity contribution is 0.0980. The summed E-state index contributed by atoms with van der Waals surface area (Å²) in [5.74, 6) is -2.67. The smallest absolute Gasteiger partial charge is 0.257 e. The SMILES string of the molecule is CN=C(C)c1ccc(C(=O)Cc2ccc(Cl)cc2C(=O)Nc2ccc(Cl)cn2)c(Cl)c1.CN=C(C)c1ccc(C(=O)Cc2ccc(F)cc2C(=O)Nc2ccc(Cl)cn2)cc1.N=C(c1ccc(C(=O)Cc2ccc(F)cc2C(=O)Nc2ccc(Cl)cn2)cc1)N1CC1.N=C(c1ccc(C(=O)Cc2ccc(F)cc2C(=O)Nc2ccc(Cl)cn2)cc1)N1CCC1. The lowest BCUT2D eigenvalue weighted by Gasteiger charge is -2.33. The molecular weight excluding hydrogens is 1710 g/mol. The predicted octanol–water partition coefficient (Wildman–Crippen LogP) is 19.9. The van der Waals surface area contributed by atoms with Gasteiger partial charge in [0.1, 0.15) is 52.4 Å². The van der Waals surface area contributed by atoms with Crippen molar-refractivity contribution in [3.8, 4) is 0 Å². The van der Waals surface area contributed by atoms with Crippen molar-refractivity contribution in [2.45, 2.75) is 46.0 Å². The lowest BCUT2D eigenvalue weighted by atomic mass is 9.97. The third kappa shape index (κ3) is 25.4. The van der Waals surface area contributed by atoms with E-state index in [2.05, 4.69) is 51.2 Å². The van der Waals surface area contributed by atoms with Crippen molar-refractivity contribution in [3.05, 3.63) is 374 Å². The lowest BCUT2D eigenvalue weighted by Crippen LogP contribution is -2.42. The van der Waals surface area contributed by atoms with E-state index >= 15 is 0 Å². The molecule has 0 saturated carbocycles. The number of carbonyl (C=O) groups excluding carboxylic acids is 8. The molecule has 8 aromatic carbocycles. The number of hydrogen-bond donors (Lipinski definition) is 6. The number of aliphatic imine (C=N–C) groups is 2. The van der Waals surface area contributed by atoms with Crippen LogP contribution in [0.25, 0.3) is 0 Å². The van der Waals surface area contributed by atoms with Crippen LogP contribution < -0.4 is 21.3 Å². The number of hydrogen-bond acceptors (Lipinski definition) is 16. The highest BCUT2D eigenvalue weighted by molar-refractivity contribution is 6.35. The first-order chi connectivity index (χ1) is 59.4. The average molecular weight is 1790 g/mol. The Bertz CT molecular complexity index is 6110. The molecule has 4 amide bonds. The number of halogens is 9. The minimum Gasteiger partial charge on any atom is -0.356 e. The Morgan fingerprint density at radius 1 is 0.331 bits per heavy atom. The van der Waals surface area contributed by atoms with Gasteiger partial charge in [-0.15, -0.1) is 0 Å². The molecule has 0 aliphatic carbocycles. The van der Waals surface area contributed by atoms with Gasteiger partial charge < -0.3 is 31.1 Å². The molecule has 0 bridgehead atoms. The van der Waals surface area contributed by atoms with Crippen molar-refractivity contribution in [3.63, 3.8) is 0 Å². The molecule has 124 heavy (non-hydrogen) atoms. The van der Waals surface area contributed by atoms with Crippen molar-refractivity contribution in [2.24, 2.45) is 9.98 Å². The second-order valence-electron chi connectivity index (χ2n) is 27.9. The first kappa shape index (κ1) is 91.5. The molecular formula is C93H75Cl6F3N14O8. The number of aromatic nitrogens is 4. The number of Topliss-reactive ketones (excluding diaryl/α,β-unsaturated/α-hetero) is 4. The molecule has 0 unspecified atom stereocenters. The van der Waals surface area contributed by atoms with Gasteiger partial charge in [0.2, 0.25) is 0 Å². The Labute approximate surface area is 741 Å². The number of likely N-dealkylation sites (tertiary alicyclic amines) is 1. The minimum absolute atomic E-state index is 0.0200. The number of amides is 4. The molecule has 628 valence electrons. The van der Waals surface area contributed by atoms with Gasteiger partial charge in [-0.1, -0.05) is 173 Å². The Morgan fingerprint density at radius 3 is 0.911 bits per heavy atom. The van der Waals surface area contributed by atoms with Gasteiger partial charge in [0.25, 0.3) is 23.6 Å². The molecule has 0 spiro atoms. The number of nitrogens with one attached hydrogen (secondary N) is 6. The van der Waals surface area contributed by atoms with Crippen molar-refractivity contribution in [2.75, 3.05) is 61.5 Å². The number of nitrogens with zero attached hydrogens (tertiary/aromatic N) is 8. The Balaban J connectivity index is 0.000000161. The van der Waals surface area contributed by atoms with Crippen LogP contribution in [-0.4, -0.2) is 140 Å². The molecule has 2 saturated heterocycles. The van der Waals surface area contributed by atoms with E-state index in [0.717, 1.165) is 84.5 Å². The summed E-state index contributed by atoms with van der Waals surface area (Å²) in [5, 5.41) is 29.1. The van der Waals surface area contributed by atoms with Crippen LogP contribution in [0.1, 0.15) is 148 Å². The van der Waals surface area contributed by atoms with Gasteiger partial charge in [-0.05, 0) is 163 Å². The third-order valence-corrected chi connectivity index (χ3v) is 20.9. The van der Waals surface area contributed by atoms with Crippen LogP contribution in [0.4, 0.5) is 36.4 Å². The summed E-state index contributed by atoms with van der Waals surface area (Å²) in [4.78, 5) is 130. The molecule has 12 aromatic rings. The highest BCUT2D eigenvalue weighted by atomic mass is 35.5. The number of pyridine rings is 4. The zero-order valence-corrected chi connectivity index (χ0v) is 71.2. The molecule has 2 aliphatic heterocycles. The number of anilines is 4. The van der Waals surface area contributed by atoms with Gasteiger partial charge in [0.05, 0.1) is 25.1 Å². The fraction of sp³-hybridized carbons (Fsp3) is 0.140. The molecule has 0 atom stereocenters. The van der Waals surface area contributed by atoms with Crippen LogP contribution in [0, 0.1) is 28.3 Å². The quantitative estimate of drug-likeness (QED) is 0.0142. The zero-order chi connectivity index (χ0) is 88.8. The third-order valence-electron chi connectivity index (χ3n) is 19.4. The molecule has 2 aliphatic rings. The second-order valence-corrected chi connectivity index (χ2v) is 30.5. The summed E-state index contributed by atoms with van der Waals surface area (Å²) in [6.07, 6.45) is 6.47. The first-order valence-corrected chi connectivity index (χ1v) is 40.4. The Hall–Kier alpha value is -13.3. The van der Waals surface area contributed by atoms with Crippen molar-refractivity contribution in [1.29, 1.82) is 10.8 Å². The number of carbonyl (C=O) groups is 8. The predicted molar refractivity (Wildman–Crippen MR) is 480 cm³/mol. The van der Waals surface area contributed by atoms with E-state index < -0.39 is 41.1 Å². The van der Waals surface area contributed by atoms with Crippen molar-refractivity contribution >= 4 is 163 Å². The van der Waals surface area contributed by atoms with Crippen LogP contribution in [0.15, 0.2) is 247 Å².